The van der Waals surface area contributed by atoms with Crippen LogP contribution in [0.25, 0.3) is 86.2 Å². The Hall–Kier alpha value is -9.10. The zero-order chi connectivity index (χ0) is 88.1. The Morgan fingerprint density at radius 3 is 0.487 bits per heavy atom. The standard InChI is InChI=1S/C18H12.C16H12.2C14H10.C10H8.20C2H6.CH4/c1-2-6-14-10-18-12-16-8-4-3-7-15(16)11-17(18)9-13(14)5-1;1-3-11-7-9-13-5-2-6-14-10-8-12(4-1)15(11)16(13)14;1-3-7-13-11(5-1)9-10-12-6-2-4-8-14(12)13;1-2-6-12-10-14-8-4-3-7-13(14)9-11(12)5-1;1-2-6-10-8-4-3-7-9(10)5-1;20*1-2;/h1-12H;1-10,15-16H;2*1-10H;1-8H;20*1-2H3;1H4. The van der Waals surface area contributed by atoms with Gasteiger partial charge in [0.2, 0.25) is 0 Å². The number of hydrogen-bond donors (Lipinski definition) is 0. The second-order valence-electron chi connectivity index (χ2n) is 18.8. The van der Waals surface area contributed by atoms with Crippen molar-refractivity contribution in [1.29, 1.82) is 0 Å². The van der Waals surface area contributed by atoms with Crippen molar-refractivity contribution in [1.82, 2.24) is 0 Å². The maximum atomic E-state index is 2.27. The molecular formula is C113H176. The number of allylic oxidation sites excluding steroid dienone is 14. The van der Waals surface area contributed by atoms with E-state index in [9.17, 15) is 0 Å². The maximum absolute atomic E-state index is 2.27. The van der Waals surface area contributed by atoms with Crippen LogP contribution in [0, 0.1) is 11.8 Å². The Morgan fingerprint density at radius 1 is 0.142 bits per heavy atom. The first-order chi connectivity index (χ1) is 55.7. The monoisotopic (exact) mass is 1530 g/mol. The molecule has 0 radical (unpaired) electrons. The summed E-state index contributed by atoms with van der Waals surface area (Å²) in [5, 5.41) is 21.0. The van der Waals surface area contributed by atoms with Crippen LogP contribution in [0.1, 0.15) is 284 Å². The van der Waals surface area contributed by atoms with Gasteiger partial charge in [-0.1, -0.05) is 551 Å². The topological polar surface area (TPSA) is 0 Å². The maximum Gasteiger partial charge on any atom is 0.0199 e. The Bertz CT molecular complexity index is 3790. The molecule has 0 fully saturated rings. The summed E-state index contributed by atoms with van der Waals surface area (Å²) in [6, 6.07) is 85.7. The lowest BCUT2D eigenvalue weighted by Gasteiger charge is -2.39. The molecule has 0 heteroatoms. The van der Waals surface area contributed by atoms with Crippen molar-refractivity contribution < 1.29 is 0 Å². The minimum absolute atomic E-state index is 0. The van der Waals surface area contributed by atoms with Crippen molar-refractivity contribution in [2.24, 2.45) is 11.8 Å². The van der Waals surface area contributed by atoms with Gasteiger partial charge in [-0.25, -0.2) is 0 Å². The number of fused-ring (bicyclic) bond motifs is 9. The van der Waals surface area contributed by atoms with E-state index in [1.54, 1.807) is 0 Å². The smallest absolute Gasteiger partial charge is 0.0199 e. The van der Waals surface area contributed by atoms with Crippen LogP contribution in [-0.4, -0.2) is 0 Å². The average molecular weight is 1530 g/mol. The zero-order valence-corrected chi connectivity index (χ0v) is 80.0. The summed E-state index contributed by atoms with van der Waals surface area (Å²) in [4.78, 5) is 0. The van der Waals surface area contributed by atoms with Crippen molar-refractivity contribution in [3.8, 4) is 0 Å². The van der Waals surface area contributed by atoms with Crippen LogP contribution in [0.4, 0.5) is 0 Å². The van der Waals surface area contributed by atoms with E-state index in [-0.39, 0.29) is 7.43 Å². The van der Waals surface area contributed by atoms with E-state index in [1.165, 1.54) is 108 Å². The van der Waals surface area contributed by atoms with Gasteiger partial charge in [-0.2, -0.15) is 0 Å². The Kier molecular flexibility index (Phi) is 103. The van der Waals surface area contributed by atoms with Gasteiger partial charge in [0, 0.05) is 11.8 Å². The molecule has 0 aliphatic heterocycles. The van der Waals surface area contributed by atoms with Gasteiger partial charge >= 0.3 is 0 Å². The molecule has 0 nitrogen and oxygen atoms in total. The Labute approximate surface area is 703 Å². The first-order valence-electron chi connectivity index (χ1n) is 45.0. The summed E-state index contributed by atoms with van der Waals surface area (Å²) in [5.41, 5.74) is 5.82. The lowest BCUT2D eigenvalue weighted by molar-refractivity contribution is 0.564. The molecule has 4 aliphatic carbocycles. The minimum Gasteiger partial charge on any atom is -0.0776 e. The predicted octanol–water partition coefficient (Wildman–Crippen LogP) is 40.8. The summed E-state index contributed by atoms with van der Waals surface area (Å²) in [5.74, 6) is 1.12. The lowest BCUT2D eigenvalue weighted by atomic mass is 9.65. The van der Waals surface area contributed by atoms with Crippen LogP contribution in [0.15, 0.2) is 326 Å². The number of benzene rings is 12. The van der Waals surface area contributed by atoms with Crippen molar-refractivity contribution in [3.63, 3.8) is 0 Å². The normalized spacial score (nSPS) is 11.0. The van der Waals surface area contributed by atoms with Gasteiger partial charge in [0.05, 0.1) is 0 Å². The highest BCUT2D eigenvalue weighted by Gasteiger charge is 2.36. The number of hydrogen-bond acceptors (Lipinski definition) is 0. The van der Waals surface area contributed by atoms with E-state index in [0.717, 1.165) is 0 Å². The summed E-state index contributed by atoms with van der Waals surface area (Å²) >= 11 is 0. The molecule has 2 unspecified atom stereocenters. The molecule has 12 aromatic carbocycles. The van der Waals surface area contributed by atoms with Crippen molar-refractivity contribution in [2.75, 3.05) is 0 Å². The van der Waals surface area contributed by atoms with Gasteiger partial charge in [0.1, 0.15) is 0 Å². The molecule has 12 aromatic rings. The van der Waals surface area contributed by atoms with Crippen LogP contribution in [0.2, 0.25) is 0 Å². The highest BCUT2D eigenvalue weighted by atomic mass is 14.4. The van der Waals surface area contributed by atoms with Gasteiger partial charge in [0.25, 0.3) is 0 Å². The molecule has 0 saturated heterocycles. The largest absolute Gasteiger partial charge is 0.0776 e. The zero-order valence-electron chi connectivity index (χ0n) is 80.0. The van der Waals surface area contributed by atoms with E-state index >= 15 is 0 Å². The molecule has 0 spiro atoms. The third kappa shape index (κ3) is 44.2. The second kappa shape index (κ2) is 93.5. The molecule has 4 aliphatic rings. The Balaban J connectivity index is -0.000000132. The Morgan fingerprint density at radius 2 is 0.292 bits per heavy atom. The summed E-state index contributed by atoms with van der Waals surface area (Å²) in [7, 11) is 0. The lowest BCUT2D eigenvalue weighted by Crippen LogP contribution is -2.28. The van der Waals surface area contributed by atoms with Crippen LogP contribution in [0.3, 0.4) is 0 Å². The van der Waals surface area contributed by atoms with Crippen molar-refractivity contribution in [3.05, 3.63) is 326 Å². The first kappa shape index (κ1) is 125. The average Bonchev–Trinajstić information content (AvgIpc) is 0.792. The van der Waals surface area contributed by atoms with Gasteiger partial charge < -0.3 is 0 Å². The summed E-state index contributed by atoms with van der Waals surface area (Å²) in [6.45, 7) is 80.0. The van der Waals surface area contributed by atoms with E-state index < -0.39 is 0 Å². The molecule has 0 heterocycles. The van der Waals surface area contributed by atoms with Gasteiger partial charge in [0.15, 0.2) is 0 Å². The van der Waals surface area contributed by atoms with E-state index in [4.69, 9.17) is 0 Å². The fraction of sp³-hybridized carbons (Fsp3) is 0.381. The van der Waals surface area contributed by atoms with Gasteiger partial charge in [-0.15, -0.1) is 0 Å². The third-order valence-electron chi connectivity index (χ3n) is 14.4. The highest BCUT2D eigenvalue weighted by molar-refractivity contribution is 6.07. The predicted molar refractivity (Wildman–Crippen MR) is 546 cm³/mol. The molecule has 113 heavy (non-hydrogen) atoms. The van der Waals surface area contributed by atoms with Crippen LogP contribution < -0.4 is 0 Å². The van der Waals surface area contributed by atoms with Gasteiger partial charge in [-0.05, 0) is 145 Å². The minimum atomic E-state index is 0. The molecule has 0 amide bonds. The van der Waals surface area contributed by atoms with Crippen LogP contribution in [-0.2, 0) is 0 Å². The molecular weight excluding hydrogens is 1360 g/mol. The molecule has 2 atom stereocenters. The van der Waals surface area contributed by atoms with E-state index in [0.29, 0.717) is 11.8 Å². The van der Waals surface area contributed by atoms with Crippen molar-refractivity contribution in [2.45, 2.75) is 284 Å². The fourth-order valence-electron chi connectivity index (χ4n) is 10.7. The highest BCUT2D eigenvalue weighted by Crippen LogP contribution is 2.48. The van der Waals surface area contributed by atoms with E-state index in [2.05, 4.69) is 303 Å². The second-order valence-corrected chi connectivity index (χ2v) is 18.8. The molecule has 16 rings (SSSR count). The van der Waals surface area contributed by atoms with Crippen molar-refractivity contribution >= 4 is 86.2 Å². The van der Waals surface area contributed by atoms with Crippen LogP contribution in [0.5, 0.6) is 0 Å². The van der Waals surface area contributed by atoms with E-state index in [1.807, 2.05) is 277 Å². The molecule has 0 bridgehead atoms. The molecule has 0 saturated carbocycles. The third-order valence-corrected chi connectivity index (χ3v) is 14.4. The fourth-order valence-corrected chi connectivity index (χ4v) is 10.7. The SMILES string of the molecule is C.C1=CC2=CC=C3C=CC=C4C=CC(=C1)C2C43.CC.CC.CC.CC.CC.CC.CC.CC.CC.CC.CC.CC.CC.CC.CC.CC.CC.CC.CC.CC.c1ccc2c(c1)ccc1ccccc12.c1ccc2cc3cc4ccccc4cc3cc2c1.c1ccc2cc3ccccc3cc2c1.c1ccc2ccccc2c1. The molecule has 628 valence electrons. The summed E-state index contributed by atoms with van der Waals surface area (Å²) in [6.07, 6.45) is 22.4. The first-order valence-corrected chi connectivity index (χ1v) is 45.0. The molecule has 0 N–H and O–H groups in total. The number of rotatable bonds is 0. The van der Waals surface area contributed by atoms with Crippen LogP contribution >= 0.6 is 0 Å². The quantitative estimate of drug-likeness (QED) is 0.105. The molecule has 0 aromatic heterocycles. The summed E-state index contributed by atoms with van der Waals surface area (Å²) < 4.78 is 0. The van der Waals surface area contributed by atoms with Gasteiger partial charge in [-0.3, -0.25) is 0 Å².